The first kappa shape index (κ1) is 12.4. The molecule has 2 nitrogen and oxygen atoms in total. The van der Waals surface area contributed by atoms with E-state index >= 15 is 0 Å². The minimum atomic E-state index is -0.954. The van der Waals surface area contributed by atoms with E-state index < -0.39 is 5.60 Å². The zero-order valence-electron chi connectivity index (χ0n) is 11.1. The number of hydrogen-bond acceptors (Lipinski definition) is 3. The van der Waals surface area contributed by atoms with Crippen molar-refractivity contribution in [3.63, 3.8) is 0 Å². The average molecular weight is 264 g/mol. The van der Waals surface area contributed by atoms with Gasteiger partial charge in [0, 0.05) is 5.57 Å². The van der Waals surface area contributed by atoms with Gasteiger partial charge in [-0.25, -0.2) is 0 Å². The molecule has 0 aromatic heterocycles. The molecular weight excluding hydrogens is 244 g/mol. The van der Waals surface area contributed by atoms with Gasteiger partial charge in [0.1, 0.15) is 5.60 Å². The van der Waals surface area contributed by atoms with E-state index in [1.807, 2.05) is 0 Å². The lowest BCUT2D eigenvalue weighted by Gasteiger charge is -2.48. The van der Waals surface area contributed by atoms with Gasteiger partial charge >= 0.3 is 0 Å². The van der Waals surface area contributed by atoms with Crippen molar-refractivity contribution in [2.75, 3.05) is 0 Å². The van der Waals surface area contributed by atoms with E-state index in [-0.39, 0.29) is 11.5 Å². The molecule has 3 aliphatic rings. The topological polar surface area (TPSA) is 29.5 Å². The number of thiocarbonyl (C=S) groups is 1. The van der Waals surface area contributed by atoms with Gasteiger partial charge in [-0.05, 0) is 62.2 Å². The van der Waals surface area contributed by atoms with Gasteiger partial charge < -0.3 is 9.84 Å². The Labute approximate surface area is 114 Å². The van der Waals surface area contributed by atoms with E-state index in [1.165, 1.54) is 24.0 Å². The molecule has 0 amide bonds. The first-order valence-electron chi connectivity index (χ1n) is 6.71. The molecule has 2 unspecified atom stereocenters. The molecule has 0 bridgehead atoms. The molecular formula is C15H20O2S. The number of ether oxygens (including phenoxy) is 1. The van der Waals surface area contributed by atoms with Gasteiger partial charge in [-0.3, -0.25) is 0 Å². The largest absolute Gasteiger partial charge is 0.472 e. The number of fused-ring (bicyclic) bond motifs is 3. The second-order valence-corrected chi connectivity index (χ2v) is 6.67. The van der Waals surface area contributed by atoms with Crippen LogP contribution in [0.2, 0.25) is 0 Å². The highest BCUT2D eigenvalue weighted by atomic mass is 32.1. The lowest BCUT2D eigenvalue weighted by Crippen LogP contribution is -2.50. The number of hydrogen-bond donors (Lipinski definition) is 1. The Hall–Kier alpha value is -0.670. The van der Waals surface area contributed by atoms with Crippen LogP contribution in [-0.4, -0.2) is 21.9 Å². The Morgan fingerprint density at radius 3 is 2.83 bits per heavy atom. The summed E-state index contributed by atoms with van der Waals surface area (Å²) >= 11 is 5.19. The van der Waals surface area contributed by atoms with E-state index in [0.29, 0.717) is 17.0 Å². The third-order valence-electron chi connectivity index (χ3n) is 5.14. The molecule has 1 aliphatic heterocycles. The van der Waals surface area contributed by atoms with Crippen LogP contribution in [0.4, 0.5) is 0 Å². The first-order valence-corrected chi connectivity index (χ1v) is 7.12. The zero-order valence-corrected chi connectivity index (χ0v) is 11.9. The summed E-state index contributed by atoms with van der Waals surface area (Å²) in [6.45, 7) is 8.41. The molecule has 0 aromatic carbocycles. The van der Waals surface area contributed by atoms with Crippen LogP contribution in [-0.2, 0) is 4.74 Å². The second-order valence-electron chi connectivity index (χ2n) is 6.30. The Morgan fingerprint density at radius 1 is 1.39 bits per heavy atom. The van der Waals surface area contributed by atoms with Crippen molar-refractivity contribution in [2.24, 2.45) is 5.41 Å². The molecule has 0 aromatic rings. The summed E-state index contributed by atoms with van der Waals surface area (Å²) in [7, 11) is 0. The fraction of sp³-hybridized carbons (Fsp3) is 0.667. The van der Waals surface area contributed by atoms with Gasteiger partial charge in [0.15, 0.2) is 11.2 Å². The molecule has 1 heterocycles. The van der Waals surface area contributed by atoms with Crippen LogP contribution in [0.3, 0.4) is 0 Å². The Kier molecular flexibility index (Phi) is 2.52. The highest BCUT2D eigenvalue weighted by Gasteiger charge is 2.58. The van der Waals surface area contributed by atoms with Gasteiger partial charge in [0.2, 0.25) is 0 Å². The highest BCUT2D eigenvalue weighted by Crippen LogP contribution is 2.56. The maximum absolute atomic E-state index is 10.9. The molecule has 3 heteroatoms. The highest BCUT2D eigenvalue weighted by molar-refractivity contribution is 7.80. The van der Waals surface area contributed by atoms with Crippen molar-refractivity contribution < 1.29 is 9.84 Å². The standard InChI is InChI=1S/C15H20O2S/c1-9-5-4-6-14(3)7-8-15(16)10(2)13(18)17-12(15)11(9)14/h12,16H,2,4-8H2,1,3H3/t12?,14?,15-/m1/s1. The molecule has 2 aliphatic carbocycles. The second kappa shape index (κ2) is 3.67. The van der Waals surface area contributed by atoms with Crippen LogP contribution >= 0.6 is 12.2 Å². The van der Waals surface area contributed by atoms with Crippen LogP contribution < -0.4 is 0 Å². The van der Waals surface area contributed by atoms with Crippen molar-refractivity contribution in [3.8, 4) is 0 Å². The van der Waals surface area contributed by atoms with Gasteiger partial charge in [0.25, 0.3) is 0 Å². The minimum Gasteiger partial charge on any atom is -0.472 e. The monoisotopic (exact) mass is 264 g/mol. The molecule has 3 atom stereocenters. The first-order chi connectivity index (χ1) is 8.38. The summed E-state index contributed by atoms with van der Waals surface area (Å²) < 4.78 is 5.81. The fourth-order valence-electron chi connectivity index (χ4n) is 3.98. The third kappa shape index (κ3) is 1.41. The molecule has 98 valence electrons. The van der Waals surface area contributed by atoms with Crippen LogP contribution in [0, 0.1) is 5.41 Å². The Morgan fingerprint density at radius 2 is 2.11 bits per heavy atom. The third-order valence-corrected chi connectivity index (χ3v) is 5.48. The average Bonchev–Trinajstić information content (AvgIpc) is 2.53. The quantitative estimate of drug-likeness (QED) is 0.413. The predicted molar refractivity (Wildman–Crippen MR) is 75.5 cm³/mol. The smallest absolute Gasteiger partial charge is 0.190 e. The summed E-state index contributed by atoms with van der Waals surface area (Å²) in [4.78, 5) is 0. The predicted octanol–water partition coefficient (Wildman–Crippen LogP) is 3.30. The maximum atomic E-state index is 10.9. The van der Waals surface area contributed by atoms with Crippen LogP contribution in [0.5, 0.6) is 0 Å². The van der Waals surface area contributed by atoms with E-state index in [0.717, 1.165) is 12.8 Å². The van der Waals surface area contributed by atoms with Crippen LogP contribution in [0.15, 0.2) is 23.3 Å². The Bertz CT molecular complexity index is 479. The molecule has 1 saturated carbocycles. The maximum Gasteiger partial charge on any atom is 0.190 e. The molecule has 1 N–H and O–H groups in total. The summed E-state index contributed by atoms with van der Waals surface area (Å²) in [5.41, 5.74) is 2.51. The number of allylic oxidation sites excluding steroid dienone is 1. The number of rotatable bonds is 0. The molecule has 0 spiro atoms. The summed E-state index contributed by atoms with van der Waals surface area (Å²) in [6, 6.07) is 0. The molecule has 1 saturated heterocycles. The van der Waals surface area contributed by atoms with Crippen LogP contribution in [0.25, 0.3) is 0 Å². The summed E-state index contributed by atoms with van der Waals surface area (Å²) in [5, 5.41) is 11.3. The lowest BCUT2D eigenvalue weighted by atomic mass is 9.59. The van der Waals surface area contributed by atoms with Crippen molar-refractivity contribution in [1.82, 2.24) is 0 Å². The van der Waals surface area contributed by atoms with E-state index in [9.17, 15) is 5.11 Å². The van der Waals surface area contributed by atoms with E-state index in [1.54, 1.807) is 0 Å². The van der Waals surface area contributed by atoms with E-state index in [2.05, 4.69) is 20.4 Å². The van der Waals surface area contributed by atoms with Crippen LogP contribution in [0.1, 0.15) is 46.0 Å². The normalized spacial score (nSPS) is 43.6. The van der Waals surface area contributed by atoms with Gasteiger partial charge in [0.05, 0.1) is 0 Å². The van der Waals surface area contributed by atoms with Crippen molar-refractivity contribution >= 4 is 17.3 Å². The summed E-state index contributed by atoms with van der Waals surface area (Å²) in [5.74, 6) is 0. The zero-order chi connectivity index (χ0) is 13.1. The lowest BCUT2D eigenvalue weighted by molar-refractivity contribution is -0.0386. The van der Waals surface area contributed by atoms with Crippen molar-refractivity contribution in [1.29, 1.82) is 0 Å². The molecule has 18 heavy (non-hydrogen) atoms. The summed E-state index contributed by atoms with van der Waals surface area (Å²) in [6.07, 6.45) is 4.97. The van der Waals surface area contributed by atoms with Gasteiger partial charge in [-0.2, -0.15) is 0 Å². The van der Waals surface area contributed by atoms with Crippen molar-refractivity contribution in [2.45, 2.75) is 57.7 Å². The van der Waals surface area contributed by atoms with Crippen molar-refractivity contribution in [3.05, 3.63) is 23.3 Å². The van der Waals surface area contributed by atoms with E-state index in [4.69, 9.17) is 17.0 Å². The molecule has 2 fully saturated rings. The minimum absolute atomic E-state index is 0.180. The SMILES string of the molecule is C=C1C(=S)OC2C3=C(C)CCCC3(C)CC[C@@]12O. The fourth-order valence-corrected chi connectivity index (χ4v) is 4.26. The van der Waals surface area contributed by atoms with Gasteiger partial charge in [-0.1, -0.05) is 19.1 Å². The Balaban J connectivity index is 2.13. The van der Waals surface area contributed by atoms with Gasteiger partial charge in [-0.15, -0.1) is 0 Å². The number of aliphatic hydroxyl groups is 1. The molecule has 0 radical (unpaired) electrons. The molecule has 3 rings (SSSR count).